The Morgan fingerprint density at radius 1 is 1.32 bits per heavy atom. The molecule has 0 radical (unpaired) electrons. The molecule has 1 saturated heterocycles. The summed E-state index contributed by atoms with van der Waals surface area (Å²) in [5.74, 6) is 0.824. The van der Waals surface area contributed by atoms with Crippen LogP contribution in [0.4, 0.5) is 0 Å². The van der Waals surface area contributed by atoms with Gasteiger partial charge in [0, 0.05) is 37.0 Å². The first kappa shape index (κ1) is 15.0. The Balaban J connectivity index is 1.54. The quantitative estimate of drug-likeness (QED) is 0.873. The fraction of sp³-hybridized carbons (Fsp3) is 0.438. The molecule has 116 valence electrons. The van der Waals surface area contributed by atoms with Crippen molar-refractivity contribution in [3.8, 4) is 5.75 Å². The fourth-order valence-corrected chi connectivity index (χ4v) is 3.10. The van der Waals surface area contributed by atoms with E-state index >= 15 is 0 Å². The van der Waals surface area contributed by atoms with E-state index in [1.54, 1.807) is 6.20 Å². The molecule has 0 unspecified atom stereocenters. The average molecular weight is 317 g/mol. The van der Waals surface area contributed by atoms with Crippen molar-refractivity contribution in [3.63, 3.8) is 0 Å². The highest BCUT2D eigenvalue weighted by molar-refractivity contribution is 7.09. The van der Waals surface area contributed by atoms with Crippen LogP contribution in [0.25, 0.3) is 0 Å². The Labute approximate surface area is 134 Å². The molecule has 1 amide bonds. The van der Waals surface area contributed by atoms with E-state index in [-0.39, 0.29) is 12.0 Å². The highest BCUT2D eigenvalue weighted by Gasteiger charge is 2.25. The standard InChI is InChI=1S/C16H19N3O2S/c1-11-3-4-14(9-17-11)21-13-5-7-19(8-6-13)16(20)15-10-22-12(2)18-15/h3-4,9-10,13H,5-8H2,1-2H3. The Bertz CT molecular complexity index is 646. The van der Waals surface area contributed by atoms with E-state index in [1.165, 1.54) is 11.3 Å². The summed E-state index contributed by atoms with van der Waals surface area (Å²) in [4.78, 5) is 22.7. The van der Waals surface area contributed by atoms with Crippen LogP contribution in [0.1, 0.15) is 34.0 Å². The molecule has 6 heteroatoms. The van der Waals surface area contributed by atoms with Crippen LogP contribution in [0.15, 0.2) is 23.7 Å². The lowest BCUT2D eigenvalue weighted by Crippen LogP contribution is -2.41. The average Bonchev–Trinajstić information content (AvgIpc) is 2.96. The molecule has 5 nitrogen and oxygen atoms in total. The zero-order chi connectivity index (χ0) is 15.5. The van der Waals surface area contributed by atoms with Crippen molar-refractivity contribution >= 4 is 17.2 Å². The highest BCUT2D eigenvalue weighted by Crippen LogP contribution is 2.20. The zero-order valence-corrected chi connectivity index (χ0v) is 13.6. The third kappa shape index (κ3) is 3.44. The van der Waals surface area contributed by atoms with Gasteiger partial charge in [-0.05, 0) is 26.0 Å². The lowest BCUT2D eigenvalue weighted by atomic mass is 10.1. The first-order chi connectivity index (χ1) is 10.6. The zero-order valence-electron chi connectivity index (χ0n) is 12.8. The van der Waals surface area contributed by atoms with E-state index < -0.39 is 0 Å². The first-order valence-corrected chi connectivity index (χ1v) is 8.30. The van der Waals surface area contributed by atoms with Gasteiger partial charge in [0.05, 0.1) is 11.2 Å². The maximum absolute atomic E-state index is 12.3. The molecule has 3 heterocycles. The summed E-state index contributed by atoms with van der Waals surface area (Å²) in [6.07, 6.45) is 3.57. The molecule has 2 aromatic rings. The van der Waals surface area contributed by atoms with Crippen LogP contribution in [0, 0.1) is 13.8 Å². The van der Waals surface area contributed by atoms with Gasteiger partial charge in [-0.1, -0.05) is 0 Å². The number of ether oxygens (including phenoxy) is 1. The smallest absolute Gasteiger partial charge is 0.273 e. The number of carbonyl (C=O) groups excluding carboxylic acids is 1. The van der Waals surface area contributed by atoms with Crippen LogP contribution in [0.5, 0.6) is 5.75 Å². The van der Waals surface area contributed by atoms with Crippen molar-refractivity contribution in [1.82, 2.24) is 14.9 Å². The lowest BCUT2D eigenvalue weighted by molar-refractivity contribution is 0.0590. The Morgan fingerprint density at radius 2 is 2.09 bits per heavy atom. The number of nitrogens with zero attached hydrogens (tertiary/aromatic N) is 3. The number of hydrogen-bond acceptors (Lipinski definition) is 5. The summed E-state index contributed by atoms with van der Waals surface area (Å²) in [7, 11) is 0. The van der Waals surface area contributed by atoms with E-state index in [4.69, 9.17) is 4.74 Å². The molecule has 1 fully saturated rings. The number of carbonyl (C=O) groups is 1. The van der Waals surface area contributed by atoms with Crippen molar-refractivity contribution in [1.29, 1.82) is 0 Å². The van der Waals surface area contributed by atoms with Gasteiger partial charge in [0.1, 0.15) is 17.5 Å². The number of aryl methyl sites for hydroxylation is 2. The van der Waals surface area contributed by atoms with E-state index in [9.17, 15) is 4.79 Å². The summed E-state index contributed by atoms with van der Waals surface area (Å²) in [5.41, 5.74) is 1.54. The molecule has 1 aliphatic rings. The van der Waals surface area contributed by atoms with E-state index in [1.807, 2.05) is 36.3 Å². The molecular weight excluding hydrogens is 298 g/mol. The van der Waals surface area contributed by atoms with Gasteiger partial charge < -0.3 is 9.64 Å². The SMILES string of the molecule is Cc1ccc(OC2CCN(C(=O)c3csc(C)n3)CC2)cn1. The first-order valence-electron chi connectivity index (χ1n) is 7.42. The second-order valence-electron chi connectivity index (χ2n) is 5.50. The molecule has 0 aromatic carbocycles. The molecule has 22 heavy (non-hydrogen) atoms. The molecule has 2 aromatic heterocycles. The topological polar surface area (TPSA) is 55.3 Å². The normalized spacial score (nSPS) is 15.8. The minimum absolute atomic E-state index is 0.0276. The number of amides is 1. The van der Waals surface area contributed by atoms with Gasteiger partial charge in [-0.25, -0.2) is 4.98 Å². The van der Waals surface area contributed by atoms with Crippen molar-refractivity contribution < 1.29 is 9.53 Å². The van der Waals surface area contributed by atoms with Crippen molar-refractivity contribution in [2.45, 2.75) is 32.8 Å². The molecule has 0 spiro atoms. The maximum Gasteiger partial charge on any atom is 0.273 e. The summed E-state index contributed by atoms with van der Waals surface area (Å²) in [5, 5.41) is 2.76. The third-order valence-electron chi connectivity index (χ3n) is 3.75. The summed E-state index contributed by atoms with van der Waals surface area (Å²) in [6, 6.07) is 3.89. The maximum atomic E-state index is 12.3. The minimum atomic E-state index is 0.0276. The Morgan fingerprint density at radius 3 is 2.68 bits per heavy atom. The van der Waals surface area contributed by atoms with E-state index in [0.29, 0.717) is 18.8 Å². The van der Waals surface area contributed by atoms with Crippen LogP contribution in [-0.2, 0) is 0 Å². The van der Waals surface area contributed by atoms with Crippen molar-refractivity contribution in [2.75, 3.05) is 13.1 Å². The molecule has 0 saturated carbocycles. The number of thiazole rings is 1. The second kappa shape index (κ2) is 6.44. The molecule has 1 aliphatic heterocycles. The van der Waals surface area contributed by atoms with Gasteiger partial charge >= 0.3 is 0 Å². The number of hydrogen-bond donors (Lipinski definition) is 0. The molecule has 0 bridgehead atoms. The third-order valence-corrected chi connectivity index (χ3v) is 4.53. The van der Waals surface area contributed by atoms with Gasteiger partial charge in [-0.2, -0.15) is 0 Å². The second-order valence-corrected chi connectivity index (χ2v) is 6.56. The minimum Gasteiger partial charge on any atom is -0.489 e. The number of pyridine rings is 1. The van der Waals surface area contributed by atoms with Gasteiger partial charge in [0.2, 0.25) is 0 Å². The lowest BCUT2D eigenvalue weighted by Gasteiger charge is -2.31. The van der Waals surface area contributed by atoms with Crippen LogP contribution in [0.3, 0.4) is 0 Å². The number of rotatable bonds is 3. The largest absolute Gasteiger partial charge is 0.489 e. The van der Waals surface area contributed by atoms with Gasteiger partial charge in [0.25, 0.3) is 5.91 Å². The van der Waals surface area contributed by atoms with Crippen LogP contribution < -0.4 is 4.74 Å². The Kier molecular flexibility index (Phi) is 4.38. The highest BCUT2D eigenvalue weighted by atomic mass is 32.1. The van der Waals surface area contributed by atoms with E-state index in [0.717, 1.165) is 29.3 Å². The van der Waals surface area contributed by atoms with Gasteiger partial charge in [-0.3, -0.25) is 9.78 Å². The monoisotopic (exact) mass is 317 g/mol. The molecule has 3 rings (SSSR count). The van der Waals surface area contributed by atoms with Crippen molar-refractivity contribution in [2.24, 2.45) is 0 Å². The van der Waals surface area contributed by atoms with Gasteiger partial charge in [-0.15, -0.1) is 11.3 Å². The molecule has 0 atom stereocenters. The van der Waals surface area contributed by atoms with E-state index in [2.05, 4.69) is 9.97 Å². The number of piperidine rings is 1. The van der Waals surface area contributed by atoms with Crippen LogP contribution in [0.2, 0.25) is 0 Å². The molecule has 0 aliphatic carbocycles. The van der Waals surface area contributed by atoms with Crippen LogP contribution in [-0.4, -0.2) is 40.0 Å². The number of likely N-dealkylation sites (tertiary alicyclic amines) is 1. The predicted molar refractivity (Wildman–Crippen MR) is 85.4 cm³/mol. The fourth-order valence-electron chi connectivity index (χ4n) is 2.52. The summed E-state index contributed by atoms with van der Waals surface area (Å²) < 4.78 is 5.93. The summed E-state index contributed by atoms with van der Waals surface area (Å²) in [6.45, 7) is 5.28. The van der Waals surface area contributed by atoms with Crippen LogP contribution >= 0.6 is 11.3 Å². The van der Waals surface area contributed by atoms with Gasteiger partial charge in [0.15, 0.2) is 0 Å². The summed E-state index contributed by atoms with van der Waals surface area (Å²) >= 11 is 1.51. The molecule has 0 N–H and O–H groups in total. The molecular formula is C16H19N3O2S. The van der Waals surface area contributed by atoms with Crippen molar-refractivity contribution in [3.05, 3.63) is 40.1 Å². The predicted octanol–water partition coefficient (Wildman–Crippen LogP) is 2.84. The number of aromatic nitrogens is 2. The Hall–Kier alpha value is -1.95.